The van der Waals surface area contributed by atoms with Crippen LogP contribution in [-0.4, -0.2) is 43.3 Å². The summed E-state index contributed by atoms with van der Waals surface area (Å²) in [7, 11) is -3.75. The maximum Gasteiger partial charge on any atom is 0.338 e. The van der Waals surface area contributed by atoms with Crippen LogP contribution in [0.2, 0.25) is 0 Å². The van der Waals surface area contributed by atoms with Gasteiger partial charge in [0.15, 0.2) is 6.10 Å². The summed E-state index contributed by atoms with van der Waals surface area (Å²) in [6.07, 6.45) is 1.57. The van der Waals surface area contributed by atoms with E-state index in [9.17, 15) is 18.0 Å². The molecule has 2 bridgehead atoms. The standard InChI is InChI=1S/C20H28N2O5S/c1-13(17(21)23)27-18(24)14-6-5-7-16(8-14)28(25,26)22-12-20(4)10-15(22)9-19(2,3)11-20/h5-8,13,15H,9-12H2,1-4H3,(H2,21,23)/t13-,15-,20-/m0/s1. The number of carbonyl (C=O) groups excluding carboxylic acids is 2. The van der Waals surface area contributed by atoms with Gasteiger partial charge in [0.2, 0.25) is 10.0 Å². The van der Waals surface area contributed by atoms with E-state index in [0.717, 1.165) is 19.3 Å². The molecule has 2 aliphatic rings. The van der Waals surface area contributed by atoms with Crippen molar-refractivity contribution >= 4 is 21.9 Å². The number of primary amides is 1. The number of esters is 1. The van der Waals surface area contributed by atoms with Gasteiger partial charge in [0.1, 0.15) is 0 Å². The van der Waals surface area contributed by atoms with Crippen molar-refractivity contribution in [2.75, 3.05) is 6.54 Å². The second-order valence-electron chi connectivity index (χ2n) is 9.24. The minimum atomic E-state index is -3.75. The molecule has 154 valence electrons. The molecule has 1 aromatic rings. The number of benzene rings is 1. The van der Waals surface area contributed by atoms with Gasteiger partial charge in [0, 0.05) is 12.6 Å². The van der Waals surface area contributed by atoms with Crippen LogP contribution in [0.15, 0.2) is 29.2 Å². The predicted octanol–water partition coefficient (Wildman–Crippen LogP) is 2.31. The number of nitrogens with two attached hydrogens (primary N) is 1. The molecule has 28 heavy (non-hydrogen) atoms. The van der Waals surface area contributed by atoms with Crippen molar-refractivity contribution in [1.82, 2.24) is 4.31 Å². The van der Waals surface area contributed by atoms with Crippen LogP contribution < -0.4 is 5.73 Å². The fourth-order valence-corrected chi connectivity index (χ4v) is 6.72. The van der Waals surface area contributed by atoms with E-state index in [1.807, 2.05) is 0 Å². The fraction of sp³-hybridized carbons (Fsp3) is 0.600. The van der Waals surface area contributed by atoms with Crippen LogP contribution in [0.5, 0.6) is 0 Å². The summed E-state index contributed by atoms with van der Waals surface area (Å²) in [5.41, 5.74) is 5.24. The summed E-state index contributed by atoms with van der Waals surface area (Å²) < 4.78 is 33.2. The fourth-order valence-electron chi connectivity index (χ4n) is 4.89. The van der Waals surface area contributed by atoms with E-state index in [2.05, 4.69) is 20.8 Å². The van der Waals surface area contributed by atoms with E-state index in [1.54, 1.807) is 4.31 Å². The molecule has 1 amide bonds. The Bertz CT molecular complexity index is 911. The second-order valence-corrected chi connectivity index (χ2v) is 11.1. The van der Waals surface area contributed by atoms with Crippen LogP contribution in [0.1, 0.15) is 57.3 Å². The highest BCUT2D eigenvalue weighted by atomic mass is 32.2. The Morgan fingerprint density at radius 1 is 1.25 bits per heavy atom. The first-order valence-corrected chi connectivity index (χ1v) is 10.9. The van der Waals surface area contributed by atoms with Crippen molar-refractivity contribution in [1.29, 1.82) is 0 Å². The van der Waals surface area contributed by atoms with Crippen LogP contribution in [0.3, 0.4) is 0 Å². The van der Waals surface area contributed by atoms with Crippen LogP contribution in [0.4, 0.5) is 0 Å². The Morgan fingerprint density at radius 2 is 1.93 bits per heavy atom. The maximum atomic E-state index is 13.3. The van der Waals surface area contributed by atoms with Crippen molar-refractivity contribution in [2.24, 2.45) is 16.6 Å². The van der Waals surface area contributed by atoms with Crippen molar-refractivity contribution in [3.05, 3.63) is 29.8 Å². The van der Waals surface area contributed by atoms with Gasteiger partial charge in [-0.3, -0.25) is 4.79 Å². The van der Waals surface area contributed by atoms with Crippen LogP contribution in [-0.2, 0) is 19.6 Å². The first-order chi connectivity index (χ1) is 12.8. The second kappa shape index (κ2) is 6.84. The Hall–Kier alpha value is -1.93. The number of sulfonamides is 1. The molecule has 0 unspecified atom stereocenters. The zero-order chi connectivity index (χ0) is 20.9. The summed E-state index contributed by atoms with van der Waals surface area (Å²) in [5.74, 6) is -1.55. The molecule has 2 N–H and O–H groups in total. The average molecular weight is 409 g/mol. The van der Waals surface area contributed by atoms with E-state index in [0.29, 0.717) is 6.54 Å². The summed E-state index contributed by atoms with van der Waals surface area (Å²) in [4.78, 5) is 23.4. The predicted molar refractivity (Wildman–Crippen MR) is 104 cm³/mol. The van der Waals surface area contributed by atoms with Crippen molar-refractivity contribution in [3.8, 4) is 0 Å². The molecule has 0 spiro atoms. The number of carbonyl (C=O) groups is 2. The minimum absolute atomic E-state index is 0.0348. The minimum Gasteiger partial charge on any atom is -0.449 e. The molecule has 1 heterocycles. The van der Waals surface area contributed by atoms with E-state index in [-0.39, 0.29) is 27.3 Å². The van der Waals surface area contributed by atoms with E-state index < -0.39 is 28.0 Å². The number of nitrogens with zero attached hydrogens (tertiary/aromatic N) is 1. The Morgan fingerprint density at radius 3 is 2.57 bits per heavy atom. The largest absolute Gasteiger partial charge is 0.449 e. The zero-order valence-electron chi connectivity index (χ0n) is 16.8. The Kier molecular flexibility index (Phi) is 5.08. The van der Waals surface area contributed by atoms with Gasteiger partial charge in [-0.2, -0.15) is 4.31 Å². The van der Waals surface area contributed by atoms with Crippen molar-refractivity contribution in [2.45, 2.75) is 64.0 Å². The molecular weight excluding hydrogens is 380 g/mol. The van der Waals surface area contributed by atoms with Gasteiger partial charge in [0.05, 0.1) is 10.5 Å². The number of hydrogen-bond acceptors (Lipinski definition) is 5. The quantitative estimate of drug-likeness (QED) is 0.753. The van der Waals surface area contributed by atoms with Crippen LogP contribution >= 0.6 is 0 Å². The first kappa shape index (κ1) is 20.8. The molecule has 3 rings (SSSR count). The van der Waals surface area contributed by atoms with E-state index in [1.165, 1.54) is 31.2 Å². The SMILES string of the molecule is C[C@H](OC(=O)c1cccc(S(=O)(=O)N2C[C@@]3(C)C[C@@H]2CC(C)(C)C3)c1)C(N)=O. The summed E-state index contributed by atoms with van der Waals surface area (Å²) in [6.45, 7) is 8.37. The highest BCUT2D eigenvalue weighted by molar-refractivity contribution is 7.89. The molecular formula is C20H28N2O5S. The molecule has 1 aliphatic carbocycles. The van der Waals surface area contributed by atoms with Gasteiger partial charge in [-0.05, 0) is 55.2 Å². The van der Waals surface area contributed by atoms with Crippen LogP contribution in [0.25, 0.3) is 0 Å². The highest BCUT2D eigenvalue weighted by Crippen LogP contribution is 2.53. The van der Waals surface area contributed by atoms with Crippen LogP contribution in [0, 0.1) is 10.8 Å². The van der Waals surface area contributed by atoms with Gasteiger partial charge in [0.25, 0.3) is 5.91 Å². The number of ether oxygens (including phenoxy) is 1. The smallest absolute Gasteiger partial charge is 0.338 e. The van der Waals surface area contributed by atoms with Gasteiger partial charge in [-0.25, -0.2) is 13.2 Å². The number of amides is 1. The zero-order valence-corrected chi connectivity index (χ0v) is 17.6. The molecule has 1 saturated heterocycles. The number of fused-ring (bicyclic) bond motifs is 2. The van der Waals surface area contributed by atoms with Crippen molar-refractivity contribution < 1.29 is 22.7 Å². The summed E-state index contributed by atoms with van der Waals surface area (Å²) >= 11 is 0. The average Bonchev–Trinajstić information content (AvgIpc) is 2.84. The van der Waals surface area contributed by atoms with Gasteiger partial charge in [-0.15, -0.1) is 0 Å². The molecule has 1 saturated carbocycles. The topological polar surface area (TPSA) is 107 Å². The summed E-state index contributed by atoms with van der Waals surface area (Å²) in [5, 5.41) is 0. The maximum absolute atomic E-state index is 13.3. The third-order valence-corrected chi connectivity index (χ3v) is 7.62. The molecule has 3 atom stereocenters. The lowest BCUT2D eigenvalue weighted by atomic mass is 9.65. The molecule has 8 heteroatoms. The lowest BCUT2D eigenvalue weighted by Crippen LogP contribution is -2.37. The lowest BCUT2D eigenvalue weighted by molar-refractivity contribution is -0.125. The molecule has 0 aromatic heterocycles. The molecule has 0 radical (unpaired) electrons. The van der Waals surface area contributed by atoms with Gasteiger partial charge >= 0.3 is 5.97 Å². The number of hydrogen-bond donors (Lipinski definition) is 1. The highest BCUT2D eigenvalue weighted by Gasteiger charge is 2.53. The molecule has 1 aliphatic heterocycles. The first-order valence-electron chi connectivity index (χ1n) is 9.45. The van der Waals surface area contributed by atoms with Gasteiger partial charge in [-0.1, -0.05) is 26.8 Å². The monoisotopic (exact) mass is 408 g/mol. The Labute approximate surface area is 166 Å². The third kappa shape index (κ3) is 3.93. The van der Waals surface area contributed by atoms with Gasteiger partial charge < -0.3 is 10.5 Å². The molecule has 1 aromatic carbocycles. The lowest BCUT2D eigenvalue weighted by Gasteiger charge is -2.39. The van der Waals surface area contributed by atoms with E-state index in [4.69, 9.17) is 10.5 Å². The summed E-state index contributed by atoms with van der Waals surface area (Å²) in [6, 6.07) is 5.72. The van der Waals surface area contributed by atoms with Crippen molar-refractivity contribution in [3.63, 3.8) is 0 Å². The van der Waals surface area contributed by atoms with E-state index >= 15 is 0 Å². The molecule has 2 fully saturated rings. The third-order valence-electron chi connectivity index (χ3n) is 5.73. The number of rotatable bonds is 5. The Balaban J connectivity index is 1.87. The normalized spacial score (nSPS) is 27.9. The molecule has 7 nitrogen and oxygen atoms in total.